The zero-order valence-corrected chi connectivity index (χ0v) is 14.5. The average molecular weight is 359 g/mol. The zero-order chi connectivity index (χ0) is 16.9. The number of benzene rings is 2. The molecular formula is C18H17NO3S2. The van der Waals surface area contributed by atoms with Crippen LogP contribution >= 0.6 is 23.5 Å². The Kier molecular flexibility index (Phi) is 5.48. The van der Waals surface area contributed by atoms with Gasteiger partial charge < -0.3 is 10.5 Å². The maximum Gasteiger partial charge on any atom is 0.339 e. The van der Waals surface area contributed by atoms with Crippen molar-refractivity contribution in [1.82, 2.24) is 0 Å². The van der Waals surface area contributed by atoms with Crippen molar-refractivity contribution in [2.75, 3.05) is 11.5 Å². The minimum Gasteiger partial charge on any atom is -0.444 e. The molecule has 0 radical (unpaired) electrons. The number of carbonyl (C=O) groups excluding carboxylic acids is 2. The fourth-order valence-corrected chi connectivity index (χ4v) is 5.28. The van der Waals surface area contributed by atoms with Crippen LogP contribution in [0.5, 0.6) is 0 Å². The molecule has 0 aliphatic carbocycles. The van der Waals surface area contributed by atoms with E-state index in [-0.39, 0.29) is 0 Å². The summed E-state index contributed by atoms with van der Waals surface area (Å²) in [7, 11) is 0. The van der Waals surface area contributed by atoms with Gasteiger partial charge in [-0.2, -0.15) is 0 Å². The first-order valence-electron chi connectivity index (χ1n) is 7.53. The van der Waals surface area contributed by atoms with Crippen molar-refractivity contribution < 1.29 is 14.3 Å². The van der Waals surface area contributed by atoms with Gasteiger partial charge in [0.15, 0.2) is 0 Å². The van der Waals surface area contributed by atoms with Crippen molar-refractivity contribution in [3.8, 4) is 0 Å². The van der Waals surface area contributed by atoms with Gasteiger partial charge in [-0.3, -0.25) is 4.79 Å². The standard InChI is InChI=1S/C18H17NO3S2/c19-16(20)15(12-4-2-1-3-5-12)22-17(21)13-6-8-14(9-7-13)18-23-10-11-24-18/h1-9,15,18H,10-11H2,(H2,19,20). The lowest BCUT2D eigenvalue weighted by molar-refractivity contribution is -0.127. The first kappa shape index (κ1) is 16.9. The Balaban J connectivity index is 1.72. The number of nitrogens with two attached hydrogens (primary N) is 1. The van der Waals surface area contributed by atoms with Crippen molar-refractivity contribution in [1.29, 1.82) is 0 Å². The lowest BCUT2D eigenvalue weighted by atomic mass is 10.1. The highest BCUT2D eigenvalue weighted by molar-refractivity contribution is 8.19. The maximum absolute atomic E-state index is 12.3. The average Bonchev–Trinajstić information content (AvgIpc) is 3.15. The van der Waals surface area contributed by atoms with Crippen molar-refractivity contribution >= 4 is 35.4 Å². The van der Waals surface area contributed by atoms with Crippen LogP contribution in [0.4, 0.5) is 0 Å². The number of carbonyl (C=O) groups is 2. The first-order chi connectivity index (χ1) is 11.6. The molecule has 1 aliphatic heterocycles. The molecule has 3 rings (SSSR count). The van der Waals surface area contributed by atoms with Crippen LogP contribution in [0, 0.1) is 0 Å². The van der Waals surface area contributed by atoms with Crippen LogP contribution in [0.15, 0.2) is 54.6 Å². The normalized spacial score (nSPS) is 15.8. The van der Waals surface area contributed by atoms with E-state index in [0.29, 0.717) is 15.7 Å². The summed E-state index contributed by atoms with van der Waals surface area (Å²) in [5, 5.41) is 0. The molecule has 1 saturated heterocycles. The third-order valence-corrected chi connectivity index (χ3v) is 6.73. The number of esters is 1. The number of thioether (sulfide) groups is 2. The molecule has 1 amide bonds. The predicted molar refractivity (Wildman–Crippen MR) is 97.9 cm³/mol. The molecule has 4 nitrogen and oxygen atoms in total. The van der Waals surface area contributed by atoms with Crippen LogP contribution in [-0.2, 0) is 9.53 Å². The number of primary amides is 1. The molecular weight excluding hydrogens is 342 g/mol. The van der Waals surface area contributed by atoms with Gasteiger partial charge >= 0.3 is 5.97 Å². The van der Waals surface area contributed by atoms with Crippen molar-refractivity contribution in [3.05, 3.63) is 71.3 Å². The molecule has 1 atom stereocenters. The Bertz CT molecular complexity index is 713. The largest absolute Gasteiger partial charge is 0.444 e. The third kappa shape index (κ3) is 3.94. The fraction of sp³-hybridized carbons (Fsp3) is 0.222. The summed E-state index contributed by atoms with van der Waals surface area (Å²) in [4.78, 5) is 24.0. The number of hydrogen-bond acceptors (Lipinski definition) is 5. The van der Waals surface area contributed by atoms with E-state index in [1.54, 1.807) is 36.4 Å². The lowest BCUT2D eigenvalue weighted by Crippen LogP contribution is -2.26. The topological polar surface area (TPSA) is 69.4 Å². The molecule has 0 aromatic heterocycles. The van der Waals surface area contributed by atoms with Gasteiger partial charge in [-0.25, -0.2) is 4.79 Å². The van der Waals surface area contributed by atoms with E-state index < -0.39 is 18.0 Å². The third-order valence-electron chi connectivity index (χ3n) is 3.63. The Morgan fingerprint density at radius 3 is 2.21 bits per heavy atom. The molecule has 0 bridgehead atoms. The molecule has 1 fully saturated rings. The van der Waals surface area contributed by atoms with Crippen molar-refractivity contribution in [2.24, 2.45) is 5.73 Å². The van der Waals surface area contributed by atoms with E-state index in [4.69, 9.17) is 10.5 Å². The minimum atomic E-state index is -1.08. The number of rotatable bonds is 5. The first-order valence-corrected chi connectivity index (χ1v) is 9.63. The number of amides is 1. The van der Waals surface area contributed by atoms with Gasteiger partial charge in [-0.15, -0.1) is 23.5 Å². The minimum absolute atomic E-state index is 0.411. The van der Waals surface area contributed by atoms with Crippen LogP contribution in [0.1, 0.15) is 32.2 Å². The van der Waals surface area contributed by atoms with Gasteiger partial charge in [0.2, 0.25) is 6.10 Å². The summed E-state index contributed by atoms with van der Waals surface area (Å²) >= 11 is 3.81. The molecule has 1 aliphatic rings. The molecule has 1 heterocycles. The summed E-state index contributed by atoms with van der Waals surface area (Å²) in [5.41, 5.74) is 7.54. The van der Waals surface area contributed by atoms with Gasteiger partial charge in [0.1, 0.15) is 0 Å². The monoisotopic (exact) mass is 359 g/mol. The Labute approximate surface area is 149 Å². The molecule has 2 N–H and O–H groups in total. The fourth-order valence-electron chi connectivity index (χ4n) is 2.42. The molecule has 24 heavy (non-hydrogen) atoms. The smallest absolute Gasteiger partial charge is 0.339 e. The van der Waals surface area contributed by atoms with Crippen LogP contribution in [0.3, 0.4) is 0 Å². The Hall–Kier alpha value is -1.92. The van der Waals surface area contributed by atoms with Gasteiger partial charge in [0.25, 0.3) is 5.91 Å². The number of ether oxygens (including phenoxy) is 1. The second-order valence-corrected chi connectivity index (χ2v) is 8.02. The molecule has 6 heteroatoms. The summed E-state index contributed by atoms with van der Waals surface area (Å²) in [6, 6.07) is 16.1. The van der Waals surface area contributed by atoms with E-state index in [1.165, 1.54) is 5.56 Å². The highest BCUT2D eigenvalue weighted by Gasteiger charge is 2.24. The van der Waals surface area contributed by atoms with E-state index >= 15 is 0 Å². The van der Waals surface area contributed by atoms with Gasteiger partial charge in [-0.1, -0.05) is 42.5 Å². The van der Waals surface area contributed by atoms with Gasteiger partial charge in [-0.05, 0) is 17.7 Å². The van der Waals surface area contributed by atoms with Gasteiger partial charge in [0.05, 0.1) is 10.1 Å². The maximum atomic E-state index is 12.3. The summed E-state index contributed by atoms with van der Waals surface area (Å²) < 4.78 is 5.75. The predicted octanol–water partition coefficient (Wildman–Crippen LogP) is 3.55. The molecule has 2 aromatic carbocycles. The Morgan fingerprint density at radius 2 is 1.62 bits per heavy atom. The van der Waals surface area contributed by atoms with E-state index in [0.717, 1.165) is 11.5 Å². The van der Waals surface area contributed by atoms with Crippen molar-refractivity contribution in [3.63, 3.8) is 0 Å². The zero-order valence-electron chi connectivity index (χ0n) is 12.9. The van der Waals surface area contributed by atoms with Crippen LogP contribution in [0.25, 0.3) is 0 Å². The molecule has 2 aromatic rings. The summed E-state index contributed by atoms with van der Waals surface area (Å²) in [6.45, 7) is 0. The van der Waals surface area contributed by atoms with Crippen LogP contribution in [-0.4, -0.2) is 23.4 Å². The van der Waals surface area contributed by atoms with Crippen molar-refractivity contribution in [2.45, 2.75) is 10.7 Å². The highest BCUT2D eigenvalue weighted by Crippen LogP contribution is 2.45. The second-order valence-electron chi connectivity index (χ2n) is 5.29. The van der Waals surface area contributed by atoms with Crippen LogP contribution < -0.4 is 5.73 Å². The molecule has 0 saturated carbocycles. The molecule has 1 unspecified atom stereocenters. The summed E-state index contributed by atoms with van der Waals surface area (Å²) in [5.74, 6) is 1.05. The van der Waals surface area contributed by atoms with E-state index in [1.807, 2.05) is 41.7 Å². The molecule has 0 spiro atoms. The molecule has 124 valence electrons. The number of hydrogen-bond donors (Lipinski definition) is 1. The SMILES string of the molecule is NC(=O)C(OC(=O)c1ccc(C2SCCS2)cc1)c1ccccc1. The lowest BCUT2D eigenvalue weighted by Gasteiger charge is -2.15. The van der Waals surface area contributed by atoms with E-state index in [2.05, 4.69) is 0 Å². The highest BCUT2D eigenvalue weighted by atomic mass is 32.2. The quantitative estimate of drug-likeness (QED) is 0.827. The Morgan fingerprint density at radius 1 is 1.00 bits per heavy atom. The second kappa shape index (κ2) is 7.77. The van der Waals surface area contributed by atoms with E-state index in [9.17, 15) is 9.59 Å². The van der Waals surface area contributed by atoms with Gasteiger partial charge in [0, 0.05) is 17.1 Å². The summed E-state index contributed by atoms with van der Waals surface area (Å²) in [6.07, 6.45) is -1.08. The van der Waals surface area contributed by atoms with Crippen LogP contribution in [0.2, 0.25) is 0 Å².